The van der Waals surface area contributed by atoms with Crippen molar-refractivity contribution in [3.63, 3.8) is 0 Å². The number of carbonyl (C=O) groups is 1. The van der Waals surface area contributed by atoms with E-state index in [1.54, 1.807) is 4.90 Å². The van der Waals surface area contributed by atoms with E-state index >= 15 is 0 Å². The molecule has 1 amide bonds. The summed E-state index contributed by atoms with van der Waals surface area (Å²) in [5.74, 6) is 0. The number of carboxylic acid groups (broad SMARTS) is 1. The Morgan fingerprint density at radius 3 is 2.13 bits per heavy atom. The topological polar surface area (TPSA) is 53.0 Å². The van der Waals surface area contributed by atoms with Crippen molar-refractivity contribution in [1.82, 2.24) is 9.80 Å². The average Bonchev–Trinajstić information content (AvgIpc) is 2.47. The summed E-state index contributed by atoms with van der Waals surface area (Å²) in [4.78, 5) is 15.9. The highest BCUT2D eigenvalue weighted by Crippen LogP contribution is 2.30. The van der Waals surface area contributed by atoms with Gasteiger partial charge in [-0.15, -0.1) is 0 Å². The first-order valence-corrected chi connectivity index (χ1v) is 9.20. The molecule has 0 aromatic rings. The van der Waals surface area contributed by atoms with Gasteiger partial charge in [0, 0.05) is 37.3 Å². The van der Waals surface area contributed by atoms with E-state index in [-0.39, 0.29) is 11.6 Å². The number of hydrogen-bond acceptors (Lipinski definition) is 3. The molecule has 1 aliphatic heterocycles. The lowest BCUT2D eigenvalue weighted by Crippen LogP contribution is -2.56. The summed E-state index contributed by atoms with van der Waals surface area (Å²) in [7, 11) is 0. The summed E-state index contributed by atoms with van der Waals surface area (Å²) in [6, 6.07) is 0.823. The van der Waals surface area contributed by atoms with Gasteiger partial charge in [0.2, 0.25) is 0 Å². The van der Waals surface area contributed by atoms with Crippen LogP contribution >= 0.6 is 0 Å². The van der Waals surface area contributed by atoms with Crippen LogP contribution in [0.3, 0.4) is 0 Å². The summed E-state index contributed by atoms with van der Waals surface area (Å²) < 4.78 is 5.74. The molecule has 5 heteroatoms. The fourth-order valence-electron chi connectivity index (χ4n) is 4.31. The number of ether oxygens (including phenoxy) is 1. The van der Waals surface area contributed by atoms with E-state index in [9.17, 15) is 9.90 Å². The fourth-order valence-corrected chi connectivity index (χ4v) is 4.31. The Labute approximate surface area is 141 Å². The fraction of sp³-hybridized carbons (Fsp3) is 0.944. The zero-order valence-electron chi connectivity index (χ0n) is 15.3. The Bertz CT molecular complexity index is 378. The SMILES string of the molecule is CCO[C@H]1CC[C@H](N2CCC(N(C(=O)O)C(C)(C)C)CC2)CC1. The van der Waals surface area contributed by atoms with Crippen molar-refractivity contribution in [2.75, 3.05) is 19.7 Å². The van der Waals surface area contributed by atoms with Crippen molar-refractivity contribution in [3.05, 3.63) is 0 Å². The molecule has 0 atom stereocenters. The van der Waals surface area contributed by atoms with E-state index in [0.29, 0.717) is 12.1 Å². The second kappa shape index (κ2) is 7.84. The third-order valence-corrected chi connectivity index (χ3v) is 5.36. The van der Waals surface area contributed by atoms with Gasteiger partial charge < -0.3 is 19.6 Å². The number of nitrogens with zero attached hydrogens (tertiary/aromatic N) is 2. The van der Waals surface area contributed by atoms with Crippen LogP contribution in [0.5, 0.6) is 0 Å². The zero-order chi connectivity index (χ0) is 17.0. The van der Waals surface area contributed by atoms with E-state index in [2.05, 4.69) is 11.8 Å². The van der Waals surface area contributed by atoms with Crippen molar-refractivity contribution in [1.29, 1.82) is 0 Å². The first kappa shape index (κ1) is 18.5. The van der Waals surface area contributed by atoms with Crippen molar-refractivity contribution in [2.45, 2.75) is 89.9 Å². The number of piperidine rings is 1. The highest BCUT2D eigenvalue weighted by molar-refractivity contribution is 5.66. The van der Waals surface area contributed by atoms with Crippen LogP contribution < -0.4 is 0 Å². The summed E-state index contributed by atoms with van der Waals surface area (Å²) in [6.07, 6.45) is 6.35. The molecule has 0 aromatic heterocycles. The Morgan fingerprint density at radius 1 is 1.13 bits per heavy atom. The van der Waals surface area contributed by atoms with Gasteiger partial charge >= 0.3 is 6.09 Å². The average molecular weight is 326 g/mol. The molecule has 1 aliphatic carbocycles. The van der Waals surface area contributed by atoms with Gasteiger partial charge in [-0.1, -0.05) is 0 Å². The Balaban J connectivity index is 1.83. The van der Waals surface area contributed by atoms with Crippen LogP contribution in [0.15, 0.2) is 0 Å². The molecule has 23 heavy (non-hydrogen) atoms. The third-order valence-electron chi connectivity index (χ3n) is 5.36. The minimum atomic E-state index is -0.784. The van der Waals surface area contributed by atoms with E-state index in [4.69, 9.17) is 4.74 Å². The molecule has 0 aromatic carbocycles. The van der Waals surface area contributed by atoms with Gasteiger partial charge in [-0.3, -0.25) is 0 Å². The molecule has 134 valence electrons. The predicted molar refractivity (Wildman–Crippen MR) is 91.9 cm³/mol. The predicted octanol–water partition coefficient (Wildman–Crippen LogP) is 3.58. The number of rotatable bonds is 4. The molecule has 0 unspecified atom stereocenters. The standard InChI is InChI=1S/C18H34N2O3/c1-5-23-16-8-6-14(7-9-16)19-12-10-15(11-13-19)20(17(21)22)18(2,3)4/h14-16H,5-13H2,1-4H3,(H,21,22)/t14-,16-. The third kappa shape index (κ3) is 4.83. The highest BCUT2D eigenvalue weighted by Gasteiger charge is 2.36. The summed E-state index contributed by atoms with van der Waals surface area (Å²) in [5.41, 5.74) is -0.325. The van der Waals surface area contributed by atoms with Gasteiger partial charge in [0.05, 0.1) is 6.10 Å². The highest BCUT2D eigenvalue weighted by atomic mass is 16.5. The van der Waals surface area contributed by atoms with Gasteiger partial charge in [-0.05, 0) is 66.2 Å². The molecule has 2 fully saturated rings. The van der Waals surface area contributed by atoms with Crippen molar-refractivity contribution in [2.24, 2.45) is 0 Å². The Kier molecular flexibility index (Phi) is 6.32. The summed E-state index contributed by atoms with van der Waals surface area (Å²) in [6.45, 7) is 10.9. The molecule has 2 aliphatic rings. The molecule has 1 saturated carbocycles. The second-order valence-corrected chi connectivity index (χ2v) is 7.98. The molecular formula is C18H34N2O3. The number of hydrogen-bond donors (Lipinski definition) is 1. The second-order valence-electron chi connectivity index (χ2n) is 7.98. The van der Waals surface area contributed by atoms with Crippen LogP contribution in [0.1, 0.15) is 66.2 Å². The summed E-state index contributed by atoms with van der Waals surface area (Å²) in [5, 5.41) is 9.55. The molecule has 1 heterocycles. The molecule has 0 radical (unpaired) electrons. The Hall–Kier alpha value is -0.810. The first-order valence-electron chi connectivity index (χ1n) is 9.20. The minimum Gasteiger partial charge on any atom is -0.465 e. The number of likely N-dealkylation sites (tertiary alicyclic amines) is 1. The zero-order valence-corrected chi connectivity index (χ0v) is 15.3. The van der Waals surface area contributed by atoms with Crippen LogP contribution in [-0.2, 0) is 4.74 Å². The summed E-state index contributed by atoms with van der Waals surface area (Å²) >= 11 is 0. The van der Waals surface area contributed by atoms with Crippen molar-refractivity contribution < 1.29 is 14.6 Å². The van der Waals surface area contributed by atoms with Crippen LogP contribution in [0.2, 0.25) is 0 Å². The normalized spacial score (nSPS) is 27.8. The molecule has 5 nitrogen and oxygen atoms in total. The van der Waals surface area contributed by atoms with Crippen molar-refractivity contribution in [3.8, 4) is 0 Å². The van der Waals surface area contributed by atoms with Crippen LogP contribution in [0, 0.1) is 0 Å². The van der Waals surface area contributed by atoms with Gasteiger partial charge in [0.25, 0.3) is 0 Å². The molecule has 1 saturated heterocycles. The quantitative estimate of drug-likeness (QED) is 0.858. The van der Waals surface area contributed by atoms with Crippen LogP contribution in [0.25, 0.3) is 0 Å². The van der Waals surface area contributed by atoms with E-state index in [1.807, 2.05) is 20.8 Å². The van der Waals surface area contributed by atoms with Gasteiger partial charge in [-0.25, -0.2) is 4.79 Å². The van der Waals surface area contributed by atoms with Gasteiger partial charge in [0.15, 0.2) is 0 Å². The molecular weight excluding hydrogens is 292 g/mol. The number of amides is 1. The molecule has 1 N–H and O–H groups in total. The molecule has 0 bridgehead atoms. The molecule has 2 rings (SSSR count). The monoisotopic (exact) mass is 326 g/mol. The maximum atomic E-state index is 11.6. The minimum absolute atomic E-state index is 0.156. The Morgan fingerprint density at radius 2 is 1.70 bits per heavy atom. The lowest BCUT2D eigenvalue weighted by molar-refractivity contribution is -0.00244. The van der Waals surface area contributed by atoms with E-state index in [1.165, 1.54) is 25.7 Å². The van der Waals surface area contributed by atoms with Gasteiger partial charge in [0.1, 0.15) is 0 Å². The lowest BCUT2D eigenvalue weighted by atomic mass is 9.89. The first-order chi connectivity index (χ1) is 10.8. The largest absolute Gasteiger partial charge is 0.465 e. The maximum absolute atomic E-state index is 11.6. The maximum Gasteiger partial charge on any atom is 0.407 e. The van der Waals surface area contributed by atoms with E-state index < -0.39 is 6.09 Å². The van der Waals surface area contributed by atoms with Crippen LogP contribution in [0.4, 0.5) is 4.79 Å². The molecule has 0 spiro atoms. The van der Waals surface area contributed by atoms with Crippen LogP contribution in [-0.4, -0.2) is 64.4 Å². The smallest absolute Gasteiger partial charge is 0.407 e. The van der Waals surface area contributed by atoms with Gasteiger partial charge in [-0.2, -0.15) is 0 Å². The van der Waals surface area contributed by atoms with E-state index in [0.717, 1.165) is 32.5 Å². The van der Waals surface area contributed by atoms with Crippen molar-refractivity contribution >= 4 is 6.09 Å². The lowest BCUT2D eigenvalue weighted by Gasteiger charge is -2.46.